The topological polar surface area (TPSA) is 37.4 Å². The van der Waals surface area contributed by atoms with Crippen LogP contribution in [0.2, 0.25) is 0 Å². The van der Waals surface area contributed by atoms with Crippen molar-refractivity contribution in [3.05, 3.63) is 60.2 Å². The monoisotopic (exact) mass is 317 g/mol. The van der Waals surface area contributed by atoms with E-state index in [2.05, 4.69) is 13.8 Å². The second-order valence-corrected chi connectivity index (χ2v) is 7.50. The minimum Gasteiger partial charge on any atom is -0.266 e. The molecule has 3 nitrogen and oxygen atoms in total. The zero-order valence-electron chi connectivity index (χ0n) is 13.4. The molecule has 0 aliphatic rings. The van der Waals surface area contributed by atoms with Crippen LogP contribution in [0.25, 0.3) is 0 Å². The van der Waals surface area contributed by atoms with E-state index in [-0.39, 0.29) is 0 Å². The van der Waals surface area contributed by atoms with E-state index >= 15 is 0 Å². The first kappa shape index (κ1) is 16.6. The highest BCUT2D eigenvalue weighted by Crippen LogP contribution is 2.26. The molecule has 0 N–H and O–H groups in total. The fourth-order valence-corrected chi connectivity index (χ4v) is 3.91. The summed E-state index contributed by atoms with van der Waals surface area (Å²) < 4.78 is 27.2. The molecule has 0 atom stereocenters. The molecule has 0 aliphatic carbocycles. The Morgan fingerprint density at radius 2 is 1.55 bits per heavy atom. The van der Waals surface area contributed by atoms with Gasteiger partial charge in [0.15, 0.2) is 0 Å². The minimum atomic E-state index is -3.52. The standard InChI is InChI=1S/C18H23NO2S/c1-4-14-19(17-12-10-16(11-13-17)15(2)3)22(20,21)18-8-6-5-7-9-18/h5-13,15H,4,14H2,1-3H3. The lowest BCUT2D eigenvalue weighted by atomic mass is 10.0. The molecule has 0 heterocycles. The number of benzene rings is 2. The number of hydrogen-bond donors (Lipinski definition) is 0. The molecule has 2 aromatic carbocycles. The van der Waals surface area contributed by atoms with E-state index in [4.69, 9.17) is 0 Å². The smallest absolute Gasteiger partial charge is 0.264 e. The van der Waals surface area contributed by atoms with Gasteiger partial charge in [0.1, 0.15) is 0 Å². The first-order chi connectivity index (χ1) is 10.5. The largest absolute Gasteiger partial charge is 0.266 e. The van der Waals surface area contributed by atoms with E-state index < -0.39 is 10.0 Å². The lowest BCUT2D eigenvalue weighted by Gasteiger charge is -2.24. The number of anilines is 1. The Balaban J connectivity index is 2.42. The average molecular weight is 317 g/mol. The molecule has 2 rings (SSSR count). The van der Waals surface area contributed by atoms with Gasteiger partial charge in [0, 0.05) is 6.54 Å². The van der Waals surface area contributed by atoms with E-state index in [1.54, 1.807) is 24.3 Å². The van der Waals surface area contributed by atoms with Crippen LogP contribution in [-0.2, 0) is 10.0 Å². The summed E-state index contributed by atoms with van der Waals surface area (Å²) in [6.45, 7) is 6.70. The Kier molecular flexibility index (Phi) is 5.24. The van der Waals surface area contributed by atoms with E-state index in [0.717, 1.165) is 12.1 Å². The summed E-state index contributed by atoms with van der Waals surface area (Å²) in [5.74, 6) is 0.430. The molecule has 0 aliphatic heterocycles. The highest BCUT2D eigenvalue weighted by atomic mass is 32.2. The fraction of sp³-hybridized carbons (Fsp3) is 0.333. The first-order valence-corrected chi connectivity index (χ1v) is 9.08. The van der Waals surface area contributed by atoms with Crippen molar-refractivity contribution in [2.24, 2.45) is 0 Å². The van der Waals surface area contributed by atoms with Crippen LogP contribution in [0, 0.1) is 0 Å². The fourth-order valence-electron chi connectivity index (χ4n) is 2.34. The van der Waals surface area contributed by atoms with E-state index in [1.807, 2.05) is 37.3 Å². The lowest BCUT2D eigenvalue weighted by Crippen LogP contribution is -2.31. The molecule has 22 heavy (non-hydrogen) atoms. The summed E-state index contributed by atoms with van der Waals surface area (Å²) >= 11 is 0. The van der Waals surface area contributed by atoms with Crippen LogP contribution in [-0.4, -0.2) is 15.0 Å². The molecule has 118 valence electrons. The first-order valence-electron chi connectivity index (χ1n) is 7.64. The number of sulfonamides is 1. The van der Waals surface area contributed by atoms with Crippen molar-refractivity contribution in [1.82, 2.24) is 0 Å². The van der Waals surface area contributed by atoms with Crippen molar-refractivity contribution in [2.75, 3.05) is 10.8 Å². The SMILES string of the molecule is CCCN(c1ccc(C(C)C)cc1)S(=O)(=O)c1ccccc1. The Labute approximate surface area is 133 Å². The second kappa shape index (κ2) is 6.97. The highest BCUT2D eigenvalue weighted by molar-refractivity contribution is 7.92. The van der Waals surface area contributed by atoms with E-state index in [9.17, 15) is 8.42 Å². The van der Waals surface area contributed by atoms with Crippen LogP contribution in [0.1, 0.15) is 38.7 Å². The summed E-state index contributed by atoms with van der Waals surface area (Å²) in [7, 11) is -3.52. The van der Waals surface area contributed by atoms with Crippen LogP contribution in [0.15, 0.2) is 59.5 Å². The van der Waals surface area contributed by atoms with Crippen LogP contribution < -0.4 is 4.31 Å². The zero-order valence-corrected chi connectivity index (χ0v) is 14.2. The van der Waals surface area contributed by atoms with Gasteiger partial charge in [0.05, 0.1) is 10.6 Å². The Morgan fingerprint density at radius 1 is 0.955 bits per heavy atom. The summed E-state index contributed by atoms with van der Waals surface area (Å²) in [5.41, 5.74) is 1.92. The number of nitrogens with zero attached hydrogens (tertiary/aromatic N) is 1. The van der Waals surface area contributed by atoms with Crippen LogP contribution in [0.3, 0.4) is 0 Å². The maximum Gasteiger partial charge on any atom is 0.264 e. The molecule has 0 unspecified atom stereocenters. The third-order valence-corrected chi connectivity index (χ3v) is 5.45. The lowest BCUT2D eigenvalue weighted by molar-refractivity contribution is 0.590. The van der Waals surface area contributed by atoms with Gasteiger partial charge in [-0.05, 0) is 42.2 Å². The summed E-state index contributed by atoms with van der Waals surface area (Å²) in [5, 5.41) is 0. The molecule has 0 fully saturated rings. The molecule has 0 spiro atoms. The van der Waals surface area contributed by atoms with E-state index in [1.165, 1.54) is 9.87 Å². The maximum absolute atomic E-state index is 12.9. The third-order valence-electron chi connectivity index (χ3n) is 3.61. The number of hydrogen-bond acceptors (Lipinski definition) is 2. The number of rotatable bonds is 6. The Hall–Kier alpha value is -1.81. The highest BCUT2D eigenvalue weighted by Gasteiger charge is 2.23. The molecule has 0 saturated heterocycles. The maximum atomic E-state index is 12.9. The van der Waals surface area contributed by atoms with Gasteiger partial charge in [-0.25, -0.2) is 8.42 Å². The van der Waals surface area contributed by atoms with Gasteiger partial charge >= 0.3 is 0 Å². The summed E-state index contributed by atoms with van der Waals surface area (Å²) in [4.78, 5) is 0.330. The van der Waals surface area contributed by atoms with Crippen molar-refractivity contribution in [1.29, 1.82) is 0 Å². The molecule has 0 saturated carbocycles. The quantitative estimate of drug-likeness (QED) is 0.791. The molecular weight excluding hydrogens is 294 g/mol. The molecule has 0 amide bonds. The van der Waals surface area contributed by atoms with Crippen LogP contribution in [0.5, 0.6) is 0 Å². The molecule has 0 radical (unpaired) electrons. The Bertz CT molecular complexity index is 692. The molecule has 2 aromatic rings. The molecule has 0 bridgehead atoms. The van der Waals surface area contributed by atoms with Gasteiger partial charge < -0.3 is 0 Å². The van der Waals surface area contributed by atoms with Crippen LogP contribution in [0.4, 0.5) is 5.69 Å². The van der Waals surface area contributed by atoms with Crippen molar-refractivity contribution in [3.63, 3.8) is 0 Å². The average Bonchev–Trinajstić information content (AvgIpc) is 2.53. The molecule has 4 heteroatoms. The summed E-state index contributed by atoms with van der Waals surface area (Å²) in [6.07, 6.45) is 0.762. The molecular formula is C18H23NO2S. The second-order valence-electron chi connectivity index (χ2n) is 5.64. The van der Waals surface area contributed by atoms with Crippen molar-refractivity contribution >= 4 is 15.7 Å². The third kappa shape index (κ3) is 3.50. The van der Waals surface area contributed by atoms with Gasteiger partial charge in [0.2, 0.25) is 0 Å². The van der Waals surface area contributed by atoms with Crippen molar-refractivity contribution < 1.29 is 8.42 Å². The normalized spacial score (nSPS) is 11.6. The van der Waals surface area contributed by atoms with Gasteiger partial charge in [-0.1, -0.05) is 51.1 Å². The zero-order chi connectivity index (χ0) is 16.2. The van der Waals surface area contributed by atoms with Gasteiger partial charge in [0.25, 0.3) is 10.0 Å². The van der Waals surface area contributed by atoms with Gasteiger partial charge in [-0.2, -0.15) is 0 Å². The molecule has 0 aromatic heterocycles. The van der Waals surface area contributed by atoms with Gasteiger partial charge in [-0.15, -0.1) is 0 Å². The predicted octanol–water partition coefficient (Wildman–Crippen LogP) is 4.42. The van der Waals surface area contributed by atoms with Crippen molar-refractivity contribution in [3.8, 4) is 0 Å². The van der Waals surface area contributed by atoms with Crippen molar-refractivity contribution in [2.45, 2.75) is 38.0 Å². The summed E-state index contributed by atoms with van der Waals surface area (Å²) in [6, 6.07) is 16.4. The van der Waals surface area contributed by atoms with Crippen LogP contribution >= 0.6 is 0 Å². The predicted molar refractivity (Wildman–Crippen MR) is 91.8 cm³/mol. The van der Waals surface area contributed by atoms with E-state index in [0.29, 0.717) is 17.4 Å². The van der Waals surface area contributed by atoms with Gasteiger partial charge in [-0.3, -0.25) is 4.31 Å². The minimum absolute atomic E-state index is 0.330. The Morgan fingerprint density at radius 3 is 2.05 bits per heavy atom.